The number of carboxylic acid groups (broad SMARTS) is 1. The van der Waals surface area contributed by atoms with Crippen molar-refractivity contribution in [2.24, 2.45) is 11.8 Å². The minimum Gasteiger partial charge on any atom is -0.481 e. The number of ketones is 1. The van der Waals surface area contributed by atoms with Crippen molar-refractivity contribution in [2.45, 2.75) is 26.2 Å². The van der Waals surface area contributed by atoms with E-state index in [1.165, 1.54) is 0 Å². The third-order valence-electron chi connectivity index (χ3n) is 2.59. The molecule has 0 spiro atoms. The summed E-state index contributed by atoms with van der Waals surface area (Å²) >= 11 is 0. The smallest absolute Gasteiger partial charge is 0.304 e. The summed E-state index contributed by atoms with van der Waals surface area (Å²) in [6.45, 7) is 2.93. The van der Waals surface area contributed by atoms with Crippen LogP contribution in [0.4, 0.5) is 0 Å². The topological polar surface area (TPSA) is 63.6 Å². The SMILES string of the molecule is CC(CC(=O)O)C(=O)C1CCOCC1. The highest BCUT2D eigenvalue weighted by molar-refractivity contribution is 5.86. The molecule has 4 heteroatoms. The molecule has 1 atom stereocenters. The molecule has 1 unspecified atom stereocenters. The van der Waals surface area contributed by atoms with Gasteiger partial charge in [0.25, 0.3) is 0 Å². The fraction of sp³-hybridized carbons (Fsp3) is 0.800. The third kappa shape index (κ3) is 3.10. The molecule has 0 saturated carbocycles. The van der Waals surface area contributed by atoms with E-state index in [2.05, 4.69) is 0 Å². The summed E-state index contributed by atoms with van der Waals surface area (Å²) in [6, 6.07) is 0. The van der Waals surface area contributed by atoms with E-state index in [-0.39, 0.29) is 24.0 Å². The predicted octanol–water partition coefficient (Wildman–Crippen LogP) is 1.09. The van der Waals surface area contributed by atoms with Gasteiger partial charge in [0.2, 0.25) is 0 Å². The second-order valence-corrected chi connectivity index (χ2v) is 3.79. The van der Waals surface area contributed by atoms with Crippen LogP contribution in [0.2, 0.25) is 0 Å². The molecule has 4 nitrogen and oxygen atoms in total. The van der Waals surface area contributed by atoms with Gasteiger partial charge < -0.3 is 9.84 Å². The Bertz CT molecular complexity index is 218. The fourth-order valence-corrected chi connectivity index (χ4v) is 1.75. The molecule has 1 aliphatic heterocycles. The van der Waals surface area contributed by atoms with Crippen molar-refractivity contribution < 1.29 is 19.4 Å². The van der Waals surface area contributed by atoms with Crippen molar-refractivity contribution in [3.8, 4) is 0 Å². The van der Waals surface area contributed by atoms with E-state index in [1.54, 1.807) is 6.92 Å². The first-order valence-electron chi connectivity index (χ1n) is 4.94. The van der Waals surface area contributed by atoms with E-state index in [0.717, 1.165) is 12.8 Å². The maximum Gasteiger partial charge on any atom is 0.304 e. The Morgan fingerprint density at radius 2 is 2.00 bits per heavy atom. The van der Waals surface area contributed by atoms with Crippen LogP contribution < -0.4 is 0 Å². The lowest BCUT2D eigenvalue weighted by Crippen LogP contribution is -2.28. The average molecular weight is 200 g/mol. The lowest BCUT2D eigenvalue weighted by atomic mass is 9.87. The lowest BCUT2D eigenvalue weighted by Gasteiger charge is -2.23. The molecule has 1 N–H and O–H groups in total. The summed E-state index contributed by atoms with van der Waals surface area (Å²) in [6.07, 6.45) is 1.42. The number of aliphatic carboxylic acids is 1. The van der Waals surface area contributed by atoms with Gasteiger partial charge in [-0.1, -0.05) is 6.92 Å². The van der Waals surface area contributed by atoms with Gasteiger partial charge in [0.15, 0.2) is 0 Å². The van der Waals surface area contributed by atoms with Crippen LogP contribution >= 0.6 is 0 Å². The molecule has 0 aromatic rings. The first-order chi connectivity index (χ1) is 6.61. The zero-order valence-electron chi connectivity index (χ0n) is 8.36. The van der Waals surface area contributed by atoms with E-state index >= 15 is 0 Å². The molecule has 80 valence electrons. The van der Waals surface area contributed by atoms with Gasteiger partial charge in [-0.15, -0.1) is 0 Å². The second kappa shape index (κ2) is 5.10. The highest BCUT2D eigenvalue weighted by atomic mass is 16.5. The molecular formula is C10H16O4. The van der Waals surface area contributed by atoms with Crippen molar-refractivity contribution in [1.29, 1.82) is 0 Å². The van der Waals surface area contributed by atoms with Crippen LogP contribution in [-0.4, -0.2) is 30.1 Å². The molecule has 0 bridgehead atoms. The Morgan fingerprint density at radius 3 is 2.50 bits per heavy atom. The van der Waals surface area contributed by atoms with Crippen LogP contribution in [0, 0.1) is 11.8 Å². The Kier molecular flexibility index (Phi) is 4.07. The zero-order valence-corrected chi connectivity index (χ0v) is 8.36. The standard InChI is InChI=1S/C10H16O4/c1-7(6-9(11)12)10(13)8-2-4-14-5-3-8/h7-8H,2-6H2,1H3,(H,11,12). The molecular weight excluding hydrogens is 184 g/mol. The number of carbonyl (C=O) groups is 2. The van der Waals surface area contributed by atoms with E-state index in [4.69, 9.17) is 9.84 Å². The third-order valence-corrected chi connectivity index (χ3v) is 2.59. The van der Waals surface area contributed by atoms with E-state index in [9.17, 15) is 9.59 Å². The Balaban J connectivity index is 2.42. The van der Waals surface area contributed by atoms with Crippen LogP contribution in [0.25, 0.3) is 0 Å². The quantitative estimate of drug-likeness (QED) is 0.737. The molecule has 1 aliphatic rings. The van der Waals surface area contributed by atoms with Gasteiger partial charge in [0.05, 0.1) is 6.42 Å². The maximum atomic E-state index is 11.7. The van der Waals surface area contributed by atoms with Crippen LogP contribution in [0.1, 0.15) is 26.2 Å². The summed E-state index contributed by atoms with van der Waals surface area (Å²) in [7, 11) is 0. The summed E-state index contributed by atoms with van der Waals surface area (Å²) in [5.41, 5.74) is 0. The molecule has 0 aromatic carbocycles. The van der Waals surface area contributed by atoms with Crippen LogP contribution in [0.3, 0.4) is 0 Å². The summed E-state index contributed by atoms with van der Waals surface area (Å²) in [4.78, 5) is 22.1. The first kappa shape index (κ1) is 11.2. The first-order valence-corrected chi connectivity index (χ1v) is 4.94. The number of rotatable bonds is 4. The Morgan fingerprint density at radius 1 is 1.43 bits per heavy atom. The molecule has 14 heavy (non-hydrogen) atoms. The molecule has 0 aromatic heterocycles. The van der Waals surface area contributed by atoms with Gasteiger partial charge in [0, 0.05) is 25.0 Å². The average Bonchev–Trinajstić information content (AvgIpc) is 2.17. The second-order valence-electron chi connectivity index (χ2n) is 3.79. The van der Waals surface area contributed by atoms with Gasteiger partial charge in [-0.05, 0) is 12.8 Å². The molecule has 1 saturated heterocycles. The Labute approximate surface area is 83.2 Å². The predicted molar refractivity (Wildman–Crippen MR) is 50.0 cm³/mol. The number of carboxylic acids is 1. The Hall–Kier alpha value is -0.900. The monoisotopic (exact) mass is 200 g/mol. The highest BCUT2D eigenvalue weighted by Crippen LogP contribution is 2.20. The normalized spacial score (nSPS) is 20.4. The molecule has 1 rings (SSSR count). The number of ether oxygens (including phenoxy) is 1. The van der Waals surface area contributed by atoms with Crippen LogP contribution in [0.15, 0.2) is 0 Å². The van der Waals surface area contributed by atoms with E-state index in [0.29, 0.717) is 13.2 Å². The largest absolute Gasteiger partial charge is 0.481 e. The summed E-state index contributed by atoms with van der Waals surface area (Å²) < 4.78 is 5.14. The van der Waals surface area contributed by atoms with Gasteiger partial charge >= 0.3 is 5.97 Å². The van der Waals surface area contributed by atoms with Crippen molar-refractivity contribution in [3.05, 3.63) is 0 Å². The van der Waals surface area contributed by atoms with Gasteiger partial charge in [-0.25, -0.2) is 0 Å². The van der Waals surface area contributed by atoms with Crippen LogP contribution in [-0.2, 0) is 14.3 Å². The highest BCUT2D eigenvalue weighted by Gasteiger charge is 2.26. The number of carbonyl (C=O) groups excluding carboxylic acids is 1. The zero-order chi connectivity index (χ0) is 10.6. The van der Waals surface area contributed by atoms with Gasteiger partial charge in [-0.3, -0.25) is 9.59 Å². The molecule has 0 amide bonds. The minimum absolute atomic E-state index is 0.0121. The number of Topliss-reactive ketones (excluding diaryl/α,β-unsaturated/α-hetero) is 1. The van der Waals surface area contributed by atoms with Gasteiger partial charge in [-0.2, -0.15) is 0 Å². The van der Waals surface area contributed by atoms with E-state index in [1.807, 2.05) is 0 Å². The van der Waals surface area contributed by atoms with Crippen molar-refractivity contribution in [2.75, 3.05) is 13.2 Å². The lowest BCUT2D eigenvalue weighted by molar-refractivity contribution is -0.141. The maximum absolute atomic E-state index is 11.7. The molecule has 1 fully saturated rings. The fourth-order valence-electron chi connectivity index (χ4n) is 1.75. The van der Waals surface area contributed by atoms with E-state index < -0.39 is 5.97 Å². The van der Waals surface area contributed by atoms with Crippen molar-refractivity contribution in [1.82, 2.24) is 0 Å². The van der Waals surface area contributed by atoms with Crippen LogP contribution in [0.5, 0.6) is 0 Å². The summed E-state index contributed by atoms with van der Waals surface area (Å²) in [5, 5.41) is 8.55. The minimum atomic E-state index is -0.905. The van der Waals surface area contributed by atoms with Crippen molar-refractivity contribution in [3.63, 3.8) is 0 Å². The van der Waals surface area contributed by atoms with Crippen molar-refractivity contribution >= 4 is 11.8 Å². The number of hydrogen-bond acceptors (Lipinski definition) is 3. The molecule has 0 aliphatic carbocycles. The molecule has 0 radical (unpaired) electrons. The van der Waals surface area contributed by atoms with Gasteiger partial charge in [0.1, 0.15) is 5.78 Å². The number of hydrogen-bond donors (Lipinski definition) is 1. The molecule has 1 heterocycles. The summed E-state index contributed by atoms with van der Waals surface area (Å²) in [5.74, 6) is -1.18.